The molecule has 0 aromatic heterocycles. The molecule has 15 heavy (non-hydrogen) atoms. The van der Waals surface area contributed by atoms with Gasteiger partial charge in [0.2, 0.25) is 0 Å². The zero-order chi connectivity index (χ0) is 11.5. The minimum atomic E-state index is -0.477. The third-order valence-corrected chi connectivity index (χ3v) is 1.81. The number of rotatable bonds is 2. The van der Waals surface area contributed by atoms with Crippen LogP contribution in [-0.2, 0) is 4.74 Å². The van der Waals surface area contributed by atoms with Crippen LogP contribution >= 0.6 is 0 Å². The van der Waals surface area contributed by atoms with Gasteiger partial charge in [-0.1, -0.05) is 0 Å². The molecule has 86 valence electrons. The number of β-amino-alcohol motifs (C(OH)–C–C–N with tert-alkyl or cyclic N) is 1. The van der Waals surface area contributed by atoms with Gasteiger partial charge in [0, 0.05) is 18.9 Å². The molecule has 1 amide bonds. The Labute approximate surface area is 89.9 Å². The summed E-state index contributed by atoms with van der Waals surface area (Å²) in [6.07, 6.45) is 3.06. The highest BCUT2D eigenvalue weighted by Crippen LogP contribution is 2.13. The maximum Gasteiger partial charge on any atom is 0.415 e. The second kappa shape index (κ2) is 4.53. The first-order chi connectivity index (χ1) is 6.92. The van der Waals surface area contributed by atoms with Crippen molar-refractivity contribution in [3.05, 3.63) is 12.4 Å². The fourth-order valence-electron chi connectivity index (χ4n) is 1.18. The van der Waals surface area contributed by atoms with Crippen LogP contribution in [0.2, 0.25) is 0 Å². The summed E-state index contributed by atoms with van der Waals surface area (Å²) in [6.45, 7) is 6.53. The molecule has 0 fully saturated rings. The van der Waals surface area contributed by atoms with Crippen molar-refractivity contribution in [2.45, 2.75) is 26.4 Å². The van der Waals surface area contributed by atoms with E-state index < -0.39 is 5.60 Å². The van der Waals surface area contributed by atoms with E-state index in [2.05, 4.69) is 0 Å². The maximum absolute atomic E-state index is 11.6. The van der Waals surface area contributed by atoms with Gasteiger partial charge >= 0.3 is 6.09 Å². The molecule has 1 rings (SSSR count). The van der Waals surface area contributed by atoms with Gasteiger partial charge in [-0.3, -0.25) is 4.90 Å². The van der Waals surface area contributed by atoms with Crippen molar-refractivity contribution in [1.82, 2.24) is 9.80 Å². The fraction of sp³-hybridized carbons (Fsp3) is 0.700. The summed E-state index contributed by atoms with van der Waals surface area (Å²) in [5.74, 6) is 0. The van der Waals surface area contributed by atoms with E-state index in [1.54, 1.807) is 12.4 Å². The first kappa shape index (κ1) is 11.8. The average molecular weight is 214 g/mol. The molecule has 0 aromatic carbocycles. The summed E-state index contributed by atoms with van der Waals surface area (Å²) in [7, 11) is 0. The van der Waals surface area contributed by atoms with Crippen LogP contribution in [0.15, 0.2) is 12.4 Å². The van der Waals surface area contributed by atoms with Gasteiger partial charge in [-0.15, -0.1) is 0 Å². The number of hydrogen-bond donors (Lipinski definition) is 1. The van der Waals surface area contributed by atoms with E-state index in [0.717, 1.165) is 0 Å². The van der Waals surface area contributed by atoms with E-state index in [1.165, 1.54) is 4.90 Å². The van der Waals surface area contributed by atoms with Gasteiger partial charge in [0.05, 0.1) is 6.61 Å². The lowest BCUT2D eigenvalue weighted by Gasteiger charge is -2.24. The van der Waals surface area contributed by atoms with Gasteiger partial charge in [0.25, 0.3) is 0 Å². The Hall–Kier alpha value is -1.23. The monoisotopic (exact) mass is 214 g/mol. The van der Waals surface area contributed by atoms with Crippen LogP contribution in [0.5, 0.6) is 0 Å². The number of ether oxygens (including phenoxy) is 1. The van der Waals surface area contributed by atoms with Gasteiger partial charge in [0.15, 0.2) is 0 Å². The van der Waals surface area contributed by atoms with Crippen molar-refractivity contribution in [3.8, 4) is 0 Å². The standard InChI is InChI=1S/C10H18N2O3/c1-10(2,3)15-9(14)12-5-4-11(8-12)6-7-13/h4-5,13H,6-8H2,1-3H3. The third kappa shape index (κ3) is 3.79. The van der Waals surface area contributed by atoms with Crippen molar-refractivity contribution in [3.63, 3.8) is 0 Å². The molecular formula is C10H18N2O3. The Kier molecular flexibility index (Phi) is 3.57. The molecule has 0 atom stereocenters. The van der Waals surface area contributed by atoms with Crippen LogP contribution in [0.3, 0.4) is 0 Å². The molecule has 0 unspecified atom stereocenters. The highest BCUT2D eigenvalue weighted by Gasteiger charge is 2.24. The minimum Gasteiger partial charge on any atom is -0.443 e. The van der Waals surface area contributed by atoms with Gasteiger partial charge in [0.1, 0.15) is 12.3 Å². The number of carbonyl (C=O) groups is 1. The molecule has 0 radical (unpaired) electrons. The predicted molar refractivity (Wildman–Crippen MR) is 55.9 cm³/mol. The molecule has 1 aliphatic heterocycles. The summed E-state index contributed by atoms with van der Waals surface area (Å²) in [4.78, 5) is 14.9. The molecule has 1 aliphatic rings. The number of amides is 1. The number of nitrogens with zero attached hydrogens (tertiary/aromatic N) is 2. The quantitative estimate of drug-likeness (QED) is 0.744. The lowest BCUT2D eigenvalue weighted by atomic mass is 10.2. The van der Waals surface area contributed by atoms with Crippen LogP contribution in [0, 0.1) is 0 Å². The van der Waals surface area contributed by atoms with Crippen molar-refractivity contribution in [2.24, 2.45) is 0 Å². The largest absolute Gasteiger partial charge is 0.443 e. The van der Waals surface area contributed by atoms with Gasteiger partial charge < -0.3 is 14.7 Å². The second-order valence-electron chi connectivity index (χ2n) is 4.43. The second-order valence-corrected chi connectivity index (χ2v) is 4.43. The SMILES string of the molecule is CC(C)(C)OC(=O)N1C=CN(CCO)C1. The Morgan fingerprint density at radius 2 is 2.13 bits per heavy atom. The average Bonchev–Trinajstić information content (AvgIpc) is 2.50. The number of aliphatic hydroxyl groups excluding tert-OH is 1. The Balaban J connectivity index is 2.41. The number of carbonyl (C=O) groups excluding carboxylic acids is 1. The van der Waals surface area contributed by atoms with Crippen LogP contribution in [0.1, 0.15) is 20.8 Å². The lowest BCUT2D eigenvalue weighted by Crippen LogP contribution is -2.36. The molecule has 0 aliphatic carbocycles. The van der Waals surface area contributed by atoms with Gasteiger partial charge in [-0.25, -0.2) is 4.79 Å². The van der Waals surface area contributed by atoms with Gasteiger partial charge in [-0.2, -0.15) is 0 Å². The smallest absolute Gasteiger partial charge is 0.415 e. The molecule has 1 N–H and O–H groups in total. The highest BCUT2D eigenvalue weighted by atomic mass is 16.6. The summed E-state index contributed by atoms with van der Waals surface area (Å²) in [6, 6.07) is 0. The highest BCUT2D eigenvalue weighted by molar-refractivity contribution is 5.69. The molecule has 5 nitrogen and oxygen atoms in total. The van der Waals surface area contributed by atoms with Crippen molar-refractivity contribution in [1.29, 1.82) is 0 Å². The summed E-state index contributed by atoms with van der Waals surface area (Å²) >= 11 is 0. The number of aliphatic hydroxyl groups is 1. The van der Waals surface area contributed by atoms with E-state index in [0.29, 0.717) is 13.2 Å². The lowest BCUT2D eigenvalue weighted by molar-refractivity contribution is 0.0301. The van der Waals surface area contributed by atoms with Crippen molar-refractivity contribution >= 4 is 6.09 Å². The van der Waals surface area contributed by atoms with Gasteiger partial charge in [-0.05, 0) is 20.8 Å². The van der Waals surface area contributed by atoms with Crippen LogP contribution < -0.4 is 0 Å². The molecule has 0 saturated carbocycles. The molecule has 0 aromatic rings. The maximum atomic E-state index is 11.6. The van der Waals surface area contributed by atoms with E-state index in [4.69, 9.17) is 9.84 Å². The molecule has 5 heteroatoms. The van der Waals surface area contributed by atoms with E-state index in [-0.39, 0.29) is 12.7 Å². The molecule has 1 heterocycles. The van der Waals surface area contributed by atoms with E-state index in [1.807, 2.05) is 25.7 Å². The zero-order valence-corrected chi connectivity index (χ0v) is 9.43. The van der Waals surface area contributed by atoms with Crippen molar-refractivity contribution < 1.29 is 14.6 Å². The summed E-state index contributed by atoms with van der Waals surface area (Å²) < 4.78 is 5.19. The first-order valence-electron chi connectivity index (χ1n) is 4.95. The number of hydrogen-bond acceptors (Lipinski definition) is 4. The third-order valence-electron chi connectivity index (χ3n) is 1.81. The molecular weight excluding hydrogens is 196 g/mol. The normalized spacial score (nSPS) is 16.0. The topological polar surface area (TPSA) is 53.0 Å². The van der Waals surface area contributed by atoms with Crippen LogP contribution in [0.25, 0.3) is 0 Å². The van der Waals surface area contributed by atoms with Crippen LogP contribution in [-0.4, -0.2) is 46.4 Å². The Morgan fingerprint density at radius 3 is 2.67 bits per heavy atom. The molecule has 0 saturated heterocycles. The Morgan fingerprint density at radius 1 is 1.47 bits per heavy atom. The summed E-state index contributed by atoms with van der Waals surface area (Å²) in [5.41, 5.74) is -0.477. The van der Waals surface area contributed by atoms with E-state index >= 15 is 0 Å². The predicted octanol–water partition coefficient (Wildman–Crippen LogP) is 0.960. The van der Waals surface area contributed by atoms with Crippen LogP contribution in [0.4, 0.5) is 4.79 Å². The Bertz CT molecular complexity index is 258. The summed E-state index contributed by atoms with van der Waals surface area (Å²) in [5, 5.41) is 8.73. The van der Waals surface area contributed by atoms with E-state index in [9.17, 15) is 4.79 Å². The zero-order valence-electron chi connectivity index (χ0n) is 9.43. The minimum absolute atomic E-state index is 0.0759. The molecule has 0 bridgehead atoms. The van der Waals surface area contributed by atoms with Crippen molar-refractivity contribution in [2.75, 3.05) is 19.8 Å². The first-order valence-corrected chi connectivity index (χ1v) is 4.95. The molecule has 0 spiro atoms. The fourth-order valence-corrected chi connectivity index (χ4v) is 1.18.